The number of nitrogens with zero attached hydrogens (tertiary/aromatic N) is 1. The molecule has 0 radical (unpaired) electrons. The van der Waals surface area contributed by atoms with Gasteiger partial charge in [-0.25, -0.2) is 0 Å². The summed E-state index contributed by atoms with van der Waals surface area (Å²) in [6.07, 6.45) is 0. The number of aromatic nitrogens is 2. The van der Waals surface area contributed by atoms with Crippen LogP contribution >= 0.6 is 0 Å². The van der Waals surface area contributed by atoms with Crippen LogP contribution < -0.4 is 5.32 Å². The van der Waals surface area contributed by atoms with Crippen LogP contribution in [-0.4, -0.2) is 16.7 Å². The van der Waals surface area contributed by atoms with Gasteiger partial charge in [-0.15, -0.1) is 5.92 Å². The molecule has 0 amide bonds. The van der Waals surface area contributed by atoms with Crippen molar-refractivity contribution in [3.8, 4) is 11.8 Å². The first-order chi connectivity index (χ1) is 6.25. The molecule has 3 heteroatoms. The van der Waals surface area contributed by atoms with E-state index in [4.69, 9.17) is 0 Å². The Morgan fingerprint density at radius 3 is 2.77 bits per heavy atom. The third-order valence-corrected chi connectivity index (χ3v) is 1.97. The number of aromatic amines is 1. The van der Waals surface area contributed by atoms with Crippen molar-refractivity contribution in [2.45, 2.75) is 27.3 Å². The molecule has 0 atom stereocenters. The van der Waals surface area contributed by atoms with E-state index in [9.17, 15) is 0 Å². The summed E-state index contributed by atoms with van der Waals surface area (Å²) in [5.41, 5.74) is 3.45. The molecule has 0 spiro atoms. The normalized spacial score (nSPS) is 9.46. The minimum Gasteiger partial charge on any atom is -0.302 e. The number of aryl methyl sites for hydroxylation is 2. The maximum absolute atomic E-state index is 4.11. The Labute approximate surface area is 78.9 Å². The summed E-state index contributed by atoms with van der Waals surface area (Å²) in [5, 5.41) is 10.3. The summed E-state index contributed by atoms with van der Waals surface area (Å²) < 4.78 is 0. The lowest BCUT2D eigenvalue weighted by molar-refractivity contribution is 0.762. The highest BCUT2D eigenvalue weighted by molar-refractivity contribution is 5.22. The Morgan fingerprint density at radius 1 is 1.46 bits per heavy atom. The summed E-state index contributed by atoms with van der Waals surface area (Å²) in [7, 11) is 0. The van der Waals surface area contributed by atoms with Gasteiger partial charge in [-0.3, -0.25) is 5.10 Å². The van der Waals surface area contributed by atoms with E-state index in [1.807, 2.05) is 20.8 Å². The summed E-state index contributed by atoms with van der Waals surface area (Å²) >= 11 is 0. The highest BCUT2D eigenvalue weighted by atomic mass is 15.1. The number of rotatable bonds is 3. The first-order valence-electron chi connectivity index (χ1n) is 4.36. The largest absolute Gasteiger partial charge is 0.302 e. The zero-order valence-corrected chi connectivity index (χ0v) is 8.36. The second-order valence-corrected chi connectivity index (χ2v) is 2.94. The Bertz CT molecular complexity index is 308. The van der Waals surface area contributed by atoms with Gasteiger partial charge in [0, 0.05) is 17.8 Å². The van der Waals surface area contributed by atoms with E-state index in [2.05, 4.69) is 27.4 Å². The van der Waals surface area contributed by atoms with Crippen molar-refractivity contribution in [1.29, 1.82) is 0 Å². The van der Waals surface area contributed by atoms with E-state index in [-0.39, 0.29) is 0 Å². The van der Waals surface area contributed by atoms with E-state index in [0.29, 0.717) is 0 Å². The van der Waals surface area contributed by atoms with Gasteiger partial charge in [0.1, 0.15) is 0 Å². The van der Waals surface area contributed by atoms with Crippen molar-refractivity contribution in [2.24, 2.45) is 0 Å². The summed E-state index contributed by atoms with van der Waals surface area (Å²) in [6.45, 7) is 7.45. The molecule has 0 saturated carbocycles. The molecule has 1 aromatic heterocycles. The number of hydrogen-bond acceptors (Lipinski definition) is 2. The van der Waals surface area contributed by atoms with Gasteiger partial charge >= 0.3 is 0 Å². The molecule has 13 heavy (non-hydrogen) atoms. The van der Waals surface area contributed by atoms with Crippen LogP contribution in [0.1, 0.15) is 23.9 Å². The van der Waals surface area contributed by atoms with Crippen LogP contribution in [0.4, 0.5) is 0 Å². The predicted molar refractivity (Wildman–Crippen MR) is 53.2 cm³/mol. The lowest BCUT2D eigenvalue weighted by atomic mass is 10.2. The van der Waals surface area contributed by atoms with Crippen molar-refractivity contribution in [3.05, 3.63) is 17.0 Å². The molecule has 0 aliphatic rings. The van der Waals surface area contributed by atoms with Gasteiger partial charge in [0.05, 0.1) is 12.2 Å². The first-order valence-corrected chi connectivity index (χ1v) is 4.36. The Morgan fingerprint density at radius 2 is 2.23 bits per heavy atom. The molecule has 0 unspecified atom stereocenters. The van der Waals surface area contributed by atoms with Crippen LogP contribution in [0.5, 0.6) is 0 Å². The zero-order chi connectivity index (χ0) is 9.68. The van der Waals surface area contributed by atoms with Crippen molar-refractivity contribution in [2.75, 3.05) is 6.54 Å². The molecule has 70 valence electrons. The second-order valence-electron chi connectivity index (χ2n) is 2.94. The van der Waals surface area contributed by atoms with Crippen molar-refractivity contribution in [3.63, 3.8) is 0 Å². The van der Waals surface area contributed by atoms with Gasteiger partial charge in [-0.2, -0.15) is 5.10 Å². The van der Waals surface area contributed by atoms with Crippen LogP contribution in [0.2, 0.25) is 0 Å². The highest BCUT2D eigenvalue weighted by Crippen LogP contribution is 2.07. The molecule has 0 bridgehead atoms. The lowest BCUT2D eigenvalue weighted by Gasteiger charge is -2.00. The third-order valence-electron chi connectivity index (χ3n) is 1.97. The molecule has 1 rings (SSSR count). The maximum Gasteiger partial charge on any atom is 0.0638 e. The lowest BCUT2D eigenvalue weighted by Crippen LogP contribution is -2.14. The summed E-state index contributed by atoms with van der Waals surface area (Å²) in [4.78, 5) is 0. The first kappa shape index (κ1) is 9.82. The topological polar surface area (TPSA) is 40.7 Å². The fourth-order valence-electron chi connectivity index (χ4n) is 1.17. The van der Waals surface area contributed by atoms with E-state index in [0.717, 1.165) is 24.5 Å². The van der Waals surface area contributed by atoms with Crippen LogP contribution in [0, 0.1) is 25.7 Å². The van der Waals surface area contributed by atoms with Gasteiger partial charge in [-0.05, 0) is 20.8 Å². The van der Waals surface area contributed by atoms with E-state index >= 15 is 0 Å². The smallest absolute Gasteiger partial charge is 0.0638 e. The Hall–Kier alpha value is -1.27. The van der Waals surface area contributed by atoms with Crippen LogP contribution in [0.3, 0.4) is 0 Å². The minimum absolute atomic E-state index is 0.737. The van der Waals surface area contributed by atoms with E-state index in [1.54, 1.807) is 0 Å². The van der Waals surface area contributed by atoms with Crippen molar-refractivity contribution >= 4 is 0 Å². The molecule has 0 aliphatic heterocycles. The van der Waals surface area contributed by atoms with Gasteiger partial charge in [0.2, 0.25) is 0 Å². The highest BCUT2D eigenvalue weighted by Gasteiger charge is 2.03. The molecule has 1 aromatic rings. The fraction of sp³-hybridized carbons (Fsp3) is 0.500. The standard InChI is InChI=1S/C10H15N3/c1-4-5-6-11-7-10-8(2)12-13-9(10)3/h11H,6-7H2,1-3H3,(H,12,13). The zero-order valence-electron chi connectivity index (χ0n) is 8.36. The summed E-state index contributed by atoms with van der Waals surface area (Å²) in [6, 6.07) is 0. The van der Waals surface area contributed by atoms with Crippen molar-refractivity contribution in [1.82, 2.24) is 15.5 Å². The van der Waals surface area contributed by atoms with Crippen LogP contribution in [-0.2, 0) is 6.54 Å². The minimum atomic E-state index is 0.737. The van der Waals surface area contributed by atoms with Gasteiger partial charge in [0.15, 0.2) is 0 Å². The predicted octanol–water partition coefficient (Wildman–Crippen LogP) is 1.14. The summed E-state index contributed by atoms with van der Waals surface area (Å²) in [5.74, 6) is 5.80. The van der Waals surface area contributed by atoms with E-state index < -0.39 is 0 Å². The molecule has 0 aromatic carbocycles. The molecular weight excluding hydrogens is 162 g/mol. The fourth-order valence-corrected chi connectivity index (χ4v) is 1.17. The SMILES string of the molecule is CC#CCNCc1c(C)n[nH]c1C. The Balaban J connectivity index is 2.47. The quantitative estimate of drug-likeness (QED) is 0.537. The average molecular weight is 177 g/mol. The third kappa shape index (κ3) is 2.60. The monoisotopic (exact) mass is 177 g/mol. The molecule has 0 aliphatic carbocycles. The number of nitrogens with one attached hydrogen (secondary N) is 2. The number of H-pyrrole nitrogens is 1. The van der Waals surface area contributed by atoms with Gasteiger partial charge in [0.25, 0.3) is 0 Å². The van der Waals surface area contributed by atoms with Crippen LogP contribution in [0.25, 0.3) is 0 Å². The maximum atomic E-state index is 4.11. The molecule has 1 heterocycles. The molecular formula is C10H15N3. The Kier molecular flexibility index (Phi) is 3.53. The molecule has 0 saturated heterocycles. The molecule has 2 N–H and O–H groups in total. The molecule has 0 fully saturated rings. The van der Waals surface area contributed by atoms with E-state index in [1.165, 1.54) is 5.56 Å². The second kappa shape index (κ2) is 4.68. The van der Waals surface area contributed by atoms with Crippen molar-refractivity contribution < 1.29 is 0 Å². The van der Waals surface area contributed by atoms with Gasteiger partial charge in [-0.1, -0.05) is 5.92 Å². The van der Waals surface area contributed by atoms with Crippen LogP contribution in [0.15, 0.2) is 0 Å². The van der Waals surface area contributed by atoms with Gasteiger partial charge < -0.3 is 5.32 Å². The number of hydrogen-bond donors (Lipinski definition) is 2. The average Bonchev–Trinajstić information content (AvgIpc) is 2.42. The molecule has 3 nitrogen and oxygen atoms in total.